The lowest BCUT2D eigenvalue weighted by Gasteiger charge is -2.24. The number of hydrogen-bond donors (Lipinski definition) is 0. The van der Waals surface area contributed by atoms with Crippen LogP contribution in [0, 0.1) is 12.7 Å². The third kappa shape index (κ3) is 5.56. The zero-order valence-electron chi connectivity index (χ0n) is 16.0. The van der Waals surface area contributed by atoms with Gasteiger partial charge in [0.2, 0.25) is 5.91 Å². The Hall–Kier alpha value is -2.40. The average molecular weight is 358 g/mol. The maximum Gasteiger partial charge on any atom is 0.236 e. The molecule has 0 aliphatic rings. The molecule has 0 unspecified atom stereocenters. The molecular weight excluding hydrogens is 331 g/mol. The molecule has 0 atom stereocenters. The monoisotopic (exact) mass is 358 g/mol. The van der Waals surface area contributed by atoms with E-state index in [0.717, 1.165) is 18.7 Å². The Labute approximate surface area is 155 Å². The lowest BCUT2D eigenvalue weighted by molar-refractivity contribution is -0.131. The predicted molar refractivity (Wildman–Crippen MR) is 102 cm³/mol. The van der Waals surface area contributed by atoms with Crippen molar-refractivity contribution in [1.82, 2.24) is 9.80 Å². The largest absolute Gasteiger partial charge is 0.494 e. The molecule has 0 radical (unpaired) electrons. The highest BCUT2D eigenvalue weighted by Crippen LogP contribution is 2.18. The SMILES string of the molecule is CCN(CC(=O)N(C)Cc1ccc(OC)c(F)c1)Cc1cccc(C)c1. The number of nitrogens with zero attached hydrogens (tertiary/aromatic N) is 2. The molecule has 26 heavy (non-hydrogen) atoms. The van der Waals surface area contributed by atoms with Crippen LogP contribution in [0.5, 0.6) is 5.75 Å². The molecule has 2 aromatic rings. The molecule has 2 rings (SSSR count). The molecule has 0 aromatic heterocycles. The minimum Gasteiger partial charge on any atom is -0.494 e. The van der Waals surface area contributed by atoms with Gasteiger partial charge in [-0.25, -0.2) is 4.39 Å². The van der Waals surface area contributed by atoms with Crippen molar-refractivity contribution in [1.29, 1.82) is 0 Å². The molecule has 140 valence electrons. The van der Waals surface area contributed by atoms with Gasteiger partial charge in [-0.2, -0.15) is 0 Å². The number of hydrogen-bond acceptors (Lipinski definition) is 3. The second-order valence-corrected chi connectivity index (χ2v) is 6.51. The third-order valence-electron chi connectivity index (χ3n) is 4.36. The number of carbonyl (C=O) groups excluding carboxylic acids is 1. The van der Waals surface area contributed by atoms with E-state index in [0.29, 0.717) is 13.1 Å². The first-order chi connectivity index (χ1) is 12.4. The molecule has 0 bridgehead atoms. The Morgan fingerprint density at radius 2 is 1.85 bits per heavy atom. The Bertz CT molecular complexity index is 749. The number of carbonyl (C=O) groups is 1. The van der Waals surface area contributed by atoms with E-state index in [9.17, 15) is 9.18 Å². The maximum atomic E-state index is 13.8. The molecule has 0 aliphatic heterocycles. The van der Waals surface area contributed by atoms with Crippen molar-refractivity contribution >= 4 is 5.91 Å². The number of halogens is 1. The van der Waals surface area contributed by atoms with Gasteiger partial charge in [0.05, 0.1) is 13.7 Å². The standard InChI is InChI=1S/C21H27FN2O2/c1-5-24(14-17-8-6-7-16(2)11-17)15-21(25)23(3)13-18-9-10-20(26-4)19(22)12-18/h6-12H,5,13-15H2,1-4H3. The first kappa shape index (κ1) is 19.9. The van der Waals surface area contributed by atoms with Crippen molar-refractivity contribution in [3.8, 4) is 5.75 Å². The molecule has 2 aromatic carbocycles. The van der Waals surface area contributed by atoms with Crippen molar-refractivity contribution in [2.45, 2.75) is 26.9 Å². The van der Waals surface area contributed by atoms with Crippen LogP contribution < -0.4 is 4.74 Å². The van der Waals surface area contributed by atoms with E-state index in [1.165, 1.54) is 24.3 Å². The summed E-state index contributed by atoms with van der Waals surface area (Å²) in [5.41, 5.74) is 3.14. The fraction of sp³-hybridized carbons (Fsp3) is 0.381. The number of rotatable bonds is 8. The summed E-state index contributed by atoms with van der Waals surface area (Å²) < 4.78 is 18.7. The van der Waals surface area contributed by atoms with Gasteiger partial charge in [-0.05, 0) is 36.7 Å². The summed E-state index contributed by atoms with van der Waals surface area (Å²) in [6.45, 7) is 6.32. The molecule has 4 nitrogen and oxygen atoms in total. The van der Waals surface area contributed by atoms with E-state index in [-0.39, 0.29) is 11.7 Å². The Kier molecular flexibility index (Phi) is 7.16. The highest BCUT2D eigenvalue weighted by atomic mass is 19.1. The minimum atomic E-state index is -0.416. The molecule has 0 N–H and O–H groups in total. The number of aryl methyl sites for hydroxylation is 1. The van der Waals surface area contributed by atoms with E-state index in [1.807, 2.05) is 13.0 Å². The number of ether oxygens (including phenoxy) is 1. The van der Waals surface area contributed by atoms with Gasteiger partial charge >= 0.3 is 0 Å². The van der Waals surface area contributed by atoms with Gasteiger partial charge in [-0.15, -0.1) is 0 Å². The third-order valence-corrected chi connectivity index (χ3v) is 4.36. The van der Waals surface area contributed by atoms with E-state index < -0.39 is 5.82 Å². The van der Waals surface area contributed by atoms with Crippen LogP contribution in [0.2, 0.25) is 0 Å². The summed E-state index contributed by atoms with van der Waals surface area (Å²) in [5, 5.41) is 0. The smallest absolute Gasteiger partial charge is 0.236 e. The van der Waals surface area contributed by atoms with E-state index in [2.05, 4.69) is 30.0 Å². The molecule has 0 saturated heterocycles. The Morgan fingerprint density at radius 3 is 2.46 bits per heavy atom. The predicted octanol–water partition coefficient (Wildman–Crippen LogP) is 3.62. The zero-order valence-corrected chi connectivity index (χ0v) is 16.0. The van der Waals surface area contributed by atoms with Crippen molar-refractivity contribution < 1.29 is 13.9 Å². The summed E-state index contributed by atoms with van der Waals surface area (Å²) in [6, 6.07) is 13.1. The van der Waals surface area contributed by atoms with Crippen molar-refractivity contribution in [3.05, 3.63) is 65.0 Å². The molecule has 5 heteroatoms. The first-order valence-electron chi connectivity index (χ1n) is 8.77. The fourth-order valence-corrected chi connectivity index (χ4v) is 2.83. The van der Waals surface area contributed by atoms with Crippen LogP contribution in [0.25, 0.3) is 0 Å². The molecule has 0 aliphatic carbocycles. The van der Waals surface area contributed by atoms with Crippen LogP contribution in [-0.2, 0) is 17.9 Å². The summed E-state index contributed by atoms with van der Waals surface area (Å²) in [4.78, 5) is 16.3. The molecule has 0 saturated carbocycles. The van der Waals surface area contributed by atoms with Crippen molar-refractivity contribution in [2.75, 3.05) is 27.2 Å². The normalized spacial score (nSPS) is 10.8. The lowest BCUT2D eigenvalue weighted by atomic mass is 10.1. The summed E-state index contributed by atoms with van der Waals surface area (Å²) in [7, 11) is 3.17. The van der Waals surface area contributed by atoms with Gasteiger partial charge in [-0.3, -0.25) is 9.69 Å². The van der Waals surface area contributed by atoms with Crippen LogP contribution in [-0.4, -0.2) is 43.0 Å². The highest BCUT2D eigenvalue weighted by Gasteiger charge is 2.15. The lowest BCUT2D eigenvalue weighted by Crippen LogP contribution is -2.37. The van der Waals surface area contributed by atoms with E-state index in [1.54, 1.807) is 24.1 Å². The molecule has 1 amide bonds. The fourth-order valence-electron chi connectivity index (χ4n) is 2.83. The number of amides is 1. The zero-order chi connectivity index (χ0) is 19.1. The van der Waals surface area contributed by atoms with Crippen LogP contribution in [0.15, 0.2) is 42.5 Å². The maximum absolute atomic E-state index is 13.8. The molecule has 0 fully saturated rings. The van der Waals surface area contributed by atoms with Gasteiger partial charge in [0.25, 0.3) is 0 Å². The second kappa shape index (κ2) is 9.34. The summed E-state index contributed by atoms with van der Waals surface area (Å²) >= 11 is 0. The van der Waals surface area contributed by atoms with Gasteiger partial charge in [0.1, 0.15) is 0 Å². The van der Waals surface area contributed by atoms with Gasteiger partial charge in [-0.1, -0.05) is 42.8 Å². The van der Waals surface area contributed by atoms with Gasteiger partial charge in [0, 0.05) is 20.1 Å². The second-order valence-electron chi connectivity index (χ2n) is 6.51. The Morgan fingerprint density at radius 1 is 1.12 bits per heavy atom. The number of likely N-dealkylation sites (N-methyl/N-ethyl adjacent to an activating group) is 2. The van der Waals surface area contributed by atoms with Gasteiger partial charge < -0.3 is 9.64 Å². The van der Waals surface area contributed by atoms with Crippen molar-refractivity contribution in [2.24, 2.45) is 0 Å². The topological polar surface area (TPSA) is 32.8 Å². The first-order valence-corrected chi connectivity index (χ1v) is 8.77. The quantitative estimate of drug-likeness (QED) is 0.722. The summed E-state index contributed by atoms with van der Waals surface area (Å²) in [5.74, 6) is -0.200. The Balaban J connectivity index is 1.95. The van der Waals surface area contributed by atoms with Crippen molar-refractivity contribution in [3.63, 3.8) is 0 Å². The van der Waals surface area contributed by atoms with E-state index >= 15 is 0 Å². The highest BCUT2D eigenvalue weighted by molar-refractivity contribution is 5.78. The van der Waals surface area contributed by atoms with Crippen LogP contribution in [0.4, 0.5) is 4.39 Å². The molecular formula is C21H27FN2O2. The van der Waals surface area contributed by atoms with Gasteiger partial charge in [0.15, 0.2) is 11.6 Å². The molecule has 0 heterocycles. The van der Waals surface area contributed by atoms with E-state index in [4.69, 9.17) is 4.74 Å². The van der Waals surface area contributed by atoms with Crippen LogP contribution in [0.1, 0.15) is 23.6 Å². The van der Waals surface area contributed by atoms with Crippen LogP contribution >= 0.6 is 0 Å². The number of methoxy groups -OCH3 is 1. The summed E-state index contributed by atoms with van der Waals surface area (Å²) in [6.07, 6.45) is 0. The average Bonchev–Trinajstić information content (AvgIpc) is 2.61. The minimum absolute atomic E-state index is 0.00993. The number of benzene rings is 2. The van der Waals surface area contributed by atoms with Crippen LogP contribution in [0.3, 0.4) is 0 Å². The molecule has 0 spiro atoms.